The second kappa shape index (κ2) is 7.30. The average Bonchev–Trinajstić information content (AvgIpc) is 2.62. The second-order valence-electron chi connectivity index (χ2n) is 7.05. The van der Waals surface area contributed by atoms with Gasteiger partial charge in [-0.15, -0.1) is 0 Å². The largest absolute Gasteiger partial charge is 0.357 e. The molecule has 5 nitrogen and oxygen atoms in total. The number of rotatable bonds is 3. The van der Waals surface area contributed by atoms with Crippen LogP contribution in [0.15, 0.2) is 18.3 Å². The fourth-order valence-electron chi connectivity index (χ4n) is 3.49. The van der Waals surface area contributed by atoms with E-state index in [4.69, 9.17) is 5.73 Å². The van der Waals surface area contributed by atoms with Gasteiger partial charge in [0.25, 0.3) is 5.91 Å². The molecule has 0 bridgehead atoms. The van der Waals surface area contributed by atoms with E-state index in [0.29, 0.717) is 11.5 Å². The summed E-state index contributed by atoms with van der Waals surface area (Å²) in [6.07, 6.45) is 6.21. The van der Waals surface area contributed by atoms with Crippen LogP contribution in [0.25, 0.3) is 0 Å². The van der Waals surface area contributed by atoms with Crippen LogP contribution in [0.1, 0.15) is 43.0 Å². The minimum absolute atomic E-state index is 0.104. The molecule has 0 aromatic carbocycles. The molecule has 2 aliphatic heterocycles. The summed E-state index contributed by atoms with van der Waals surface area (Å²) in [5, 5.41) is 0. The Balaban J connectivity index is 1.59. The Bertz CT molecular complexity index is 514. The summed E-state index contributed by atoms with van der Waals surface area (Å²) in [5.74, 6) is 2.48. The molecule has 2 aliphatic rings. The van der Waals surface area contributed by atoms with Crippen molar-refractivity contribution in [2.45, 2.75) is 32.6 Å². The molecule has 3 rings (SSSR count). The number of hydrogen-bond donors (Lipinski definition) is 1. The number of hydrogen-bond acceptors (Lipinski definition) is 4. The predicted molar refractivity (Wildman–Crippen MR) is 92.5 cm³/mol. The number of amides is 1. The topological polar surface area (TPSA) is 62.5 Å². The minimum atomic E-state index is 0.104. The Kier molecular flexibility index (Phi) is 5.16. The lowest BCUT2D eigenvalue weighted by atomic mass is 9.97. The molecule has 3 heterocycles. The zero-order chi connectivity index (χ0) is 16.2. The van der Waals surface area contributed by atoms with Gasteiger partial charge in [-0.05, 0) is 56.2 Å². The summed E-state index contributed by atoms with van der Waals surface area (Å²) >= 11 is 0. The molecule has 126 valence electrons. The van der Waals surface area contributed by atoms with Crippen molar-refractivity contribution in [1.82, 2.24) is 9.88 Å². The Morgan fingerprint density at radius 3 is 2.43 bits per heavy atom. The van der Waals surface area contributed by atoms with Gasteiger partial charge in [0.1, 0.15) is 5.82 Å². The number of carbonyl (C=O) groups excluding carboxylic acids is 1. The van der Waals surface area contributed by atoms with Crippen LogP contribution in [0.3, 0.4) is 0 Å². The summed E-state index contributed by atoms with van der Waals surface area (Å²) in [6, 6.07) is 3.92. The zero-order valence-corrected chi connectivity index (χ0v) is 14.1. The van der Waals surface area contributed by atoms with E-state index in [1.165, 1.54) is 12.8 Å². The third kappa shape index (κ3) is 3.83. The number of nitrogens with two attached hydrogens (primary N) is 1. The molecule has 2 saturated heterocycles. The first-order chi connectivity index (χ1) is 11.2. The first-order valence-corrected chi connectivity index (χ1v) is 8.87. The van der Waals surface area contributed by atoms with E-state index in [-0.39, 0.29) is 5.91 Å². The Morgan fingerprint density at radius 1 is 1.17 bits per heavy atom. The van der Waals surface area contributed by atoms with Crippen molar-refractivity contribution in [2.24, 2.45) is 17.6 Å². The maximum absolute atomic E-state index is 12.6. The van der Waals surface area contributed by atoms with Crippen molar-refractivity contribution in [1.29, 1.82) is 0 Å². The lowest BCUT2D eigenvalue weighted by Crippen LogP contribution is -2.40. The number of likely N-dealkylation sites (tertiary alicyclic amines) is 1. The molecule has 1 aromatic heterocycles. The van der Waals surface area contributed by atoms with Gasteiger partial charge in [0.15, 0.2) is 0 Å². The molecule has 0 spiro atoms. The Morgan fingerprint density at radius 2 is 1.87 bits per heavy atom. The van der Waals surface area contributed by atoms with Crippen LogP contribution >= 0.6 is 0 Å². The van der Waals surface area contributed by atoms with Gasteiger partial charge in [0.05, 0.1) is 5.56 Å². The highest BCUT2D eigenvalue weighted by Crippen LogP contribution is 2.22. The smallest absolute Gasteiger partial charge is 0.255 e. The number of aromatic nitrogens is 1. The van der Waals surface area contributed by atoms with Gasteiger partial charge in [0.2, 0.25) is 0 Å². The summed E-state index contributed by atoms with van der Waals surface area (Å²) < 4.78 is 0. The van der Waals surface area contributed by atoms with Gasteiger partial charge in [-0.1, -0.05) is 6.92 Å². The lowest BCUT2D eigenvalue weighted by molar-refractivity contribution is 0.0693. The van der Waals surface area contributed by atoms with Crippen LogP contribution in [-0.2, 0) is 0 Å². The summed E-state index contributed by atoms with van der Waals surface area (Å²) in [5.41, 5.74) is 6.41. The monoisotopic (exact) mass is 316 g/mol. The molecule has 5 heteroatoms. The minimum Gasteiger partial charge on any atom is -0.357 e. The third-order valence-corrected chi connectivity index (χ3v) is 5.34. The molecular weight excluding hydrogens is 288 g/mol. The van der Waals surface area contributed by atoms with E-state index in [9.17, 15) is 4.79 Å². The van der Waals surface area contributed by atoms with Gasteiger partial charge >= 0.3 is 0 Å². The third-order valence-electron chi connectivity index (χ3n) is 5.34. The molecule has 2 fully saturated rings. The SMILES string of the molecule is CC1CCN(c2ccc(C(=O)N3CCC(CN)CC3)cn2)CC1. The highest BCUT2D eigenvalue weighted by molar-refractivity contribution is 5.94. The predicted octanol–water partition coefficient (Wildman–Crippen LogP) is 2.13. The maximum atomic E-state index is 12.6. The fraction of sp³-hybridized carbons (Fsp3) is 0.667. The number of nitrogens with zero attached hydrogens (tertiary/aromatic N) is 3. The molecule has 2 N–H and O–H groups in total. The van der Waals surface area contributed by atoms with Crippen LogP contribution in [0, 0.1) is 11.8 Å². The van der Waals surface area contributed by atoms with Crippen LogP contribution in [0.2, 0.25) is 0 Å². The van der Waals surface area contributed by atoms with E-state index in [1.54, 1.807) is 6.20 Å². The summed E-state index contributed by atoms with van der Waals surface area (Å²) in [7, 11) is 0. The molecule has 0 unspecified atom stereocenters. The quantitative estimate of drug-likeness (QED) is 0.928. The van der Waals surface area contributed by atoms with Gasteiger partial charge < -0.3 is 15.5 Å². The molecule has 0 saturated carbocycles. The van der Waals surface area contributed by atoms with E-state index < -0.39 is 0 Å². The number of anilines is 1. The number of pyridine rings is 1. The molecular formula is C18H28N4O. The molecule has 23 heavy (non-hydrogen) atoms. The van der Waals surface area contributed by atoms with E-state index in [2.05, 4.69) is 16.8 Å². The Labute approximate surface area is 138 Å². The van der Waals surface area contributed by atoms with Crippen LogP contribution in [0.5, 0.6) is 0 Å². The summed E-state index contributed by atoms with van der Waals surface area (Å²) in [6.45, 7) is 6.79. The fourth-order valence-corrected chi connectivity index (χ4v) is 3.49. The standard InChI is InChI=1S/C18H28N4O/c1-14-4-8-21(9-5-14)17-3-2-16(13-20-17)18(23)22-10-6-15(12-19)7-11-22/h2-3,13-15H,4-12,19H2,1H3. The van der Waals surface area contributed by atoms with E-state index >= 15 is 0 Å². The van der Waals surface area contributed by atoms with Crippen molar-refractivity contribution in [2.75, 3.05) is 37.6 Å². The normalized spacial score (nSPS) is 20.8. The van der Waals surface area contributed by atoms with Crippen molar-refractivity contribution < 1.29 is 4.79 Å². The first kappa shape index (κ1) is 16.2. The zero-order valence-electron chi connectivity index (χ0n) is 14.1. The van der Waals surface area contributed by atoms with Gasteiger partial charge in [0, 0.05) is 32.4 Å². The van der Waals surface area contributed by atoms with Crippen LogP contribution in [0.4, 0.5) is 5.82 Å². The number of piperidine rings is 2. The van der Waals surface area contributed by atoms with Crippen molar-refractivity contribution in [3.8, 4) is 0 Å². The highest BCUT2D eigenvalue weighted by Gasteiger charge is 2.23. The van der Waals surface area contributed by atoms with Crippen molar-refractivity contribution in [3.63, 3.8) is 0 Å². The van der Waals surface area contributed by atoms with Crippen LogP contribution in [-0.4, -0.2) is 48.5 Å². The summed E-state index contributed by atoms with van der Waals surface area (Å²) in [4.78, 5) is 21.4. The molecule has 1 amide bonds. The highest BCUT2D eigenvalue weighted by atomic mass is 16.2. The lowest BCUT2D eigenvalue weighted by Gasteiger charge is -2.32. The van der Waals surface area contributed by atoms with E-state index in [0.717, 1.165) is 57.3 Å². The van der Waals surface area contributed by atoms with Crippen LogP contribution < -0.4 is 10.6 Å². The van der Waals surface area contributed by atoms with Crippen molar-refractivity contribution in [3.05, 3.63) is 23.9 Å². The maximum Gasteiger partial charge on any atom is 0.255 e. The molecule has 0 aliphatic carbocycles. The van der Waals surface area contributed by atoms with E-state index in [1.807, 2.05) is 17.0 Å². The molecule has 0 radical (unpaired) electrons. The molecule has 1 aromatic rings. The van der Waals surface area contributed by atoms with Gasteiger partial charge in [-0.2, -0.15) is 0 Å². The van der Waals surface area contributed by atoms with Crippen molar-refractivity contribution >= 4 is 11.7 Å². The average molecular weight is 316 g/mol. The second-order valence-corrected chi connectivity index (χ2v) is 7.05. The molecule has 0 atom stereocenters. The van der Waals surface area contributed by atoms with Gasteiger partial charge in [-0.25, -0.2) is 4.98 Å². The first-order valence-electron chi connectivity index (χ1n) is 8.87. The Hall–Kier alpha value is -1.62. The number of carbonyl (C=O) groups is 1. The van der Waals surface area contributed by atoms with Gasteiger partial charge in [-0.3, -0.25) is 4.79 Å².